The SMILES string of the molecule is CCN(CC)CCCCC(C)(CC)CC. The molecule has 0 aromatic heterocycles. The zero-order valence-electron chi connectivity index (χ0n) is 11.6. The van der Waals surface area contributed by atoms with Gasteiger partial charge < -0.3 is 4.90 Å². The fourth-order valence-electron chi connectivity index (χ4n) is 2.03. The molecule has 0 unspecified atom stereocenters. The molecule has 0 spiro atoms. The minimum Gasteiger partial charge on any atom is -0.304 e. The normalized spacial score (nSPS) is 12.4. The van der Waals surface area contributed by atoms with Gasteiger partial charge >= 0.3 is 0 Å². The van der Waals surface area contributed by atoms with Gasteiger partial charge in [0.2, 0.25) is 0 Å². The molecule has 0 N–H and O–H groups in total. The average molecular weight is 213 g/mol. The summed E-state index contributed by atoms with van der Waals surface area (Å²) in [5, 5.41) is 0. The molecule has 92 valence electrons. The van der Waals surface area contributed by atoms with Crippen molar-refractivity contribution in [2.45, 2.75) is 66.7 Å². The third-order valence-electron chi connectivity index (χ3n) is 4.11. The van der Waals surface area contributed by atoms with Crippen LogP contribution >= 0.6 is 0 Å². The van der Waals surface area contributed by atoms with E-state index in [2.05, 4.69) is 39.5 Å². The lowest BCUT2D eigenvalue weighted by molar-refractivity contribution is 0.245. The maximum Gasteiger partial charge on any atom is -0.00190 e. The van der Waals surface area contributed by atoms with Crippen molar-refractivity contribution < 1.29 is 0 Å². The van der Waals surface area contributed by atoms with Gasteiger partial charge in [0.25, 0.3) is 0 Å². The lowest BCUT2D eigenvalue weighted by Crippen LogP contribution is -2.24. The van der Waals surface area contributed by atoms with Crippen molar-refractivity contribution in [2.24, 2.45) is 5.41 Å². The molecule has 0 aliphatic rings. The molecule has 0 atom stereocenters. The van der Waals surface area contributed by atoms with Gasteiger partial charge in [0, 0.05) is 0 Å². The first kappa shape index (κ1) is 15.0. The monoisotopic (exact) mass is 213 g/mol. The molecule has 1 heteroatoms. The number of hydrogen-bond acceptors (Lipinski definition) is 1. The van der Waals surface area contributed by atoms with Crippen molar-refractivity contribution in [2.75, 3.05) is 19.6 Å². The van der Waals surface area contributed by atoms with E-state index in [1.165, 1.54) is 51.7 Å². The van der Waals surface area contributed by atoms with Crippen molar-refractivity contribution >= 4 is 0 Å². The maximum absolute atomic E-state index is 2.52. The van der Waals surface area contributed by atoms with Gasteiger partial charge in [-0.1, -0.05) is 53.9 Å². The zero-order chi connectivity index (χ0) is 11.7. The molecule has 0 aromatic rings. The van der Waals surface area contributed by atoms with Gasteiger partial charge in [-0.15, -0.1) is 0 Å². The Balaban J connectivity index is 3.60. The van der Waals surface area contributed by atoms with Crippen LogP contribution < -0.4 is 0 Å². The molecule has 0 heterocycles. The molecule has 15 heavy (non-hydrogen) atoms. The lowest BCUT2D eigenvalue weighted by atomic mass is 9.80. The van der Waals surface area contributed by atoms with E-state index < -0.39 is 0 Å². The fraction of sp³-hybridized carbons (Fsp3) is 1.00. The first-order chi connectivity index (χ1) is 7.11. The largest absolute Gasteiger partial charge is 0.304 e. The molecule has 0 aromatic carbocycles. The van der Waals surface area contributed by atoms with Crippen LogP contribution in [-0.4, -0.2) is 24.5 Å². The Morgan fingerprint density at radius 1 is 0.867 bits per heavy atom. The second kappa shape index (κ2) is 8.15. The van der Waals surface area contributed by atoms with Crippen LogP contribution in [0.15, 0.2) is 0 Å². The van der Waals surface area contributed by atoms with Crippen LogP contribution in [0.4, 0.5) is 0 Å². The molecule has 0 saturated heterocycles. The Labute approximate surface area is 97.2 Å². The Morgan fingerprint density at radius 2 is 1.40 bits per heavy atom. The topological polar surface area (TPSA) is 3.24 Å². The van der Waals surface area contributed by atoms with Crippen LogP contribution in [0.25, 0.3) is 0 Å². The van der Waals surface area contributed by atoms with E-state index in [0.717, 1.165) is 0 Å². The summed E-state index contributed by atoms with van der Waals surface area (Å²) >= 11 is 0. The van der Waals surface area contributed by atoms with E-state index in [0.29, 0.717) is 5.41 Å². The molecule has 0 aliphatic heterocycles. The Hall–Kier alpha value is -0.0400. The minimum atomic E-state index is 0.600. The molecule has 0 aliphatic carbocycles. The van der Waals surface area contributed by atoms with Gasteiger partial charge in [0.15, 0.2) is 0 Å². The molecular formula is C14H31N. The van der Waals surface area contributed by atoms with Gasteiger partial charge in [-0.25, -0.2) is 0 Å². The van der Waals surface area contributed by atoms with Gasteiger partial charge in [0.05, 0.1) is 0 Å². The standard InChI is InChI=1S/C14H31N/c1-6-14(5,7-2)12-10-11-13-15(8-3)9-4/h6-13H2,1-5H3. The highest BCUT2D eigenvalue weighted by Crippen LogP contribution is 2.31. The molecule has 0 radical (unpaired) electrons. The summed E-state index contributed by atoms with van der Waals surface area (Å²) in [6, 6.07) is 0. The Kier molecular flexibility index (Phi) is 8.13. The van der Waals surface area contributed by atoms with E-state index in [1.54, 1.807) is 0 Å². The number of hydrogen-bond donors (Lipinski definition) is 0. The van der Waals surface area contributed by atoms with E-state index in [4.69, 9.17) is 0 Å². The minimum absolute atomic E-state index is 0.600. The summed E-state index contributed by atoms with van der Waals surface area (Å²) in [4.78, 5) is 2.52. The quantitative estimate of drug-likeness (QED) is 0.515. The summed E-state index contributed by atoms with van der Waals surface area (Å²) in [6.45, 7) is 15.3. The van der Waals surface area contributed by atoms with Crippen molar-refractivity contribution in [1.29, 1.82) is 0 Å². The molecular weight excluding hydrogens is 182 g/mol. The smallest absolute Gasteiger partial charge is 0.00190 e. The van der Waals surface area contributed by atoms with Crippen LogP contribution in [-0.2, 0) is 0 Å². The Morgan fingerprint density at radius 3 is 1.80 bits per heavy atom. The number of nitrogens with zero attached hydrogens (tertiary/aromatic N) is 1. The van der Waals surface area contributed by atoms with E-state index >= 15 is 0 Å². The predicted octanol–water partition coefficient (Wildman–Crippen LogP) is 4.32. The molecule has 0 rings (SSSR count). The third-order valence-corrected chi connectivity index (χ3v) is 4.11. The van der Waals surface area contributed by atoms with Crippen LogP contribution in [0, 0.1) is 5.41 Å². The maximum atomic E-state index is 2.52. The molecule has 0 saturated carbocycles. The summed E-state index contributed by atoms with van der Waals surface area (Å²) in [7, 11) is 0. The zero-order valence-corrected chi connectivity index (χ0v) is 11.6. The lowest BCUT2D eigenvalue weighted by Gasteiger charge is -2.27. The molecule has 1 nitrogen and oxygen atoms in total. The summed E-state index contributed by atoms with van der Waals surface area (Å²) in [6.07, 6.45) is 6.83. The molecule has 0 fully saturated rings. The first-order valence-corrected chi connectivity index (χ1v) is 6.84. The van der Waals surface area contributed by atoms with Crippen molar-refractivity contribution in [3.8, 4) is 0 Å². The van der Waals surface area contributed by atoms with Crippen LogP contribution in [0.3, 0.4) is 0 Å². The first-order valence-electron chi connectivity index (χ1n) is 6.84. The second-order valence-corrected chi connectivity index (χ2v) is 5.00. The van der Waals surface area contributed by atoms with Gasteiger partial charge in [0.1, 0.15) is 0 Å². The fourth-order valence-corrected chi connectivity index (χ4v) is 2.03. The van der Waals surface area contributed by atoms with Crippen LogP contribution in [0.1, 0.15) is 66.7 Å². The van der Waals surface area contributed by atoms with Crippen LogP contribution in [0.2, 0.25) is 0 Å². The highest BCUT2D eigenvalue weighted by atomic mass is 15.1. The summed E-state index contributed by atoms with van der Waals surface area (Å²) in [5.41, 5.74) is 0.600. The van der Waals surface area contributed by atoms with Crippen LogP contribution in [0.5, 0.6) is 0 Å². The average Bonchev–Trinajstić information content (AvgIpc) is 2.29. The number of unbranched alkanes of at least 4 members (excludes halogenated alkanes) is 1. The predicted molar refractivity (Wildman–Crippen MR) is 70.3 cm³/mol. The van der Waals surface area contributed by atoms with Crippen molar-refractivity contribution in [3.05, 3.63) is 0 Å². The van der Waals surface area contributed by atoms with E-state index in [1.807, 2.05) is 0 Å². The van der Waals surface area contributed by atoms with Gasteiger partial charge in [-0.05, 0) is 37.9 Å². The molecule has 0 amide bonds. The number of rotatable bonds is 9. The van der Waals surface area contributed by atoms with E-state index in [-0.39, 0.29) is 0 Å². The highest BCUT2D eigenvalue weighted by molar-refractivity contribution is 4.70. The highest BCUT2D eigenvalue weighted by Gasteiger charge is 2.18. The van der Waals surface area contributed by atoms with Gasteiger partial charge in [-0.2, -0.15) is 0 Å². The summed E-state index contributed by atoms with van der Waals surface area (Å²) < 4.78 is 0. The van der Waals surface area contributed by atoms with Crippen molar-refractivity contribution in [3.63, 3.8) is 0 Å². The molecule has 0 bridgehead atoms. The van der Waals surface area contributed by atoms with E-state index in [9.17, 15) is 0 Å². The third kappa shape index (κ3) is 6.19. The second-order valence-electron chi connectivity index (χ2n) is 5.00. The van der Waals surface area contributed by atoms with Gasteiger partial charge in [-0.3, -0.25) is 0 Å². The Bertz CT molecular complexity index is 134. The summed E-state index contributed by atoms with van der Waals surface area (Å²) in [5.74, 6) is 0. The van der Waals surface area contributed by atoms with Crippen molar-refractivity contribution in [1.82, 2.24) is 4.90 Å².